The lowest BCUT2D eigenvalue weighted by Crippen LogP contribution is -2.34. The molecule has 122 valence electrons. The third kappa shape index (κ3) is 4.34. The molecule has 23 heavy (non-hydrogen) atoms. The summed E-state index contributed by atoms with van der Waals surface area (Å²) in [4.78, 5) is 8.89. The van der Waals surface area contributed by atoms with E-state index in [0.717, 1.165) is 30.1 Å². The molecular weight excluding hydrogens is 288 g/mol. The van der Waals surface area contributed by atoms with E-state index in [9.17, 15) is 0 Å². The van der Waals surface area contributed by atoms with Gasteiger partial charge in [-0.05, 0) is 37.8 Å². The quantitative estimate of drug-likeness (QED) is 0.635. The van der Waals surface area contributed by atoms with E-state index in [1.165, 1.54) is 24.8 Å². The highest BCUT2D eigenvalue weighted by atomic mass is 16.3. The Labute approximate surface area is 137 Å². The highest BCUT2D eigenvalue weighted by Crippen LogP contribution is 2.26. The fraction of sp³-hybridized carbons (Fsp3) is 0.444. The van der Waals surface area contributed by atoms with Gasteiger partial charge in [0.15, 0.2) is 5.96 Å². The van der Waals surface area contributed by atoms with Crippen molar-refractivity contribution in [2.45, 2.75) is 32.6 Å². The minimum Gasteiger partial charge on any atom is -0.444 e. The van der Waals surface area contributed by atoms with Gasteiger partial charge >= 0.3 is 0 Å². The number of oxazole rings is 1. The number of aromatic nitrogens is 1. The van der Waals surface area contributed by atoms with Crippen molar-refractivity contribution >= 4 is 5.96 Å². The normalized spacial score (nSPS) is 15.4. The maximum absolute atomic E-state index is 5.87. The molecule has 1 fully saturated rings. The third-order valence-electron chi connectivity index (χ3n) is 4.28. The summed E-state index contributed by atoms with van der Waals surface area (Å²) in [6, 6.07) is 8.16. The Morgan fingerprint density at radius 3 is 2.83 bits per heavy atom. The topological polar surface area (TPSA) is 76.4 Å². The monoisotopic (exact) mass is 312 g/mol. The zero-order valence-electron chi connectivity index (χ0n) is 13.6. The molecule has 0 unspecified atom stereocenters. The van der Waals surface area contributed by atoms with Crippen molar-refractivity contribution in [1.29, 1.82) is 0 Å². The summed E-state index contributed by atoms with van der Waals surface area (Å²) in [6.45, 7) is 3.62. The van der Waals surface area contributed by atoms with E-state index in [4.69, 9.17) is 10.2 Å². The number of nitrogens with two attached hydrogens (primary N) is 1. The Bertz CT molecular complexity index is 656. The molecular formula is C18H24N4O. The van der Waals surface area contributed by atoms with Gasteiger partial charge in [-0.3, -0.25) is 4.99 Å². The van der Waals surface area contributed by atoms with Gasteiger partial charge in [-0.25, -0.2) is 4.98 Å². The summed E-state index contributed by atoms with van der Waals surface area (Å²) in [7, 11) is 0. The van der Waals surface area contributed by atoms with E-state index in [1.807, 2.05) is 12.1 Å². The number of aliphatic imine (C=N–C) groups is 1. The molecule has 0 amide bonds. The lowest BCUT2D eigenvalue weighted by molar-refractivity contribution is 0.326. The van der Waals surface area contributed by atoms with Crippen LogP contribution < -0.4 is 11.1 Å². The molecule has 5 nitrogen and oxygen atoms in total. The highest BCUT2D eigenvalue weighted by molar-refractivity contribution is 5.77. The number of benzene rings is 1. The van der Waals surface area contributed by atoms with Crippen molar-refractivity contribution in [3.63, 3.8) is 0 Å². The van der Waals surface area contributed by atoms with Crippen LogP contribution >= 0.6 is 0 Å². The average Bonchev–Trinajstić information content (AvgIpc) is 2.95. The number of nitrogens with zero attached hydrogens (tertiary/aromatic N) is 2. The van der Waals surface area contributed by atoms with Crippen LogP contribution in [0, 0.1) is 12.8 Å². The van der Waals surface area contributed by atoms with Crippen LogP contribution in [0.3, 0.4) is 0 Å². The Hall–Kier alpha value is -2.30. The molecule has 1 aliphatic carbocycles. The minimum absolute atomic E-state index is 0.527. The van der Waals surface area contributed by atoms with Gasteiger partial charge in [0.2, 0.25) is 5.89 Å². The Morgan fingerprint density at radius 1 is 1.35 bits per heavy atom. The lowest BCUT2D eigenvalue weighted by atomic mass is 9.86. The van der Waals surface area contributed by atoms with E-state index in [-0.39, 0.29) is 0 Å². The minimum atomic E-state index is 0.527. The summed E-state index contributed by atoms with van der Waals surface area (Å²) in [5, 5.41) is 3.14. The predicted molar refractivity (Wildman–Crippen MR) is 92.2 cm³/mol. The van der Waals surface area contributed by atoms with Gasteiger partial charge in [0.25, 0.3) is 0 Å². The standard InChI is InChI=1S/C18H24N4O/c1-13-5-7-15(8-6-13)17-22-16(12-23-17)9-10-20-18(19)21-11-14-3-2-4-14/h5-8,12,14H,2-4,9-11H2,1H3,(H3,19,20,21). The molecule has 0 bridgehead atoms. The van der Waals surface area contributed by atoms with Crippen molar-refractivity contribution in [1.82, 2.24) is 10.3 Å². The van der Waals surface area contributed by atoms with Gasteiger partial charge in [-0.1, -0.05) is 24.1 Å². The van der Waals surface area contributed by atoms with Crippen LogP contribution in [0.5, 0.6) is 0 Å². The summed E-state index contributed by atoms with van der Waals surface area (Å²) in [5.74, 6) is 1.92. The fourth-order valence-corrected chi connectivity index (χ4v) is 2.53. The van der Waals surface area contributed by atoms with E-state index in [2.05, 4.69) is 34.3 Å². The second-order valence-electron chi connectivity index (χ2n) is 6.21. The summed E-state index contributed by atoms with van der Waals surface area (Å²) in [6.07, 6.45) is 6.38. The maximum Gasteiger partial charge on any atom is 0.226 e. The Morgan fingerprint density at radius 2 is 2.13 bits per heavy atom. The number of hydrogen-bond donors (Lipinski definition) is 2. The van der Waals surface area contributed by atoms with E-state index in [0.29, 0.717) is 18.4 Å². The molecule has 0 atom stereocenters. The van der Waals surface area contributed by atoms with Crippen LogP contribution in [0.1, 0.15) is 30.5 Å². The number of hydrogen-bond acceptors (Lipinski definition) is 3. The maximum atomic E-state index is 5.87. The molecule has 1 aliphatic rings. The molecule has 1 aromatic carbocycles. The number of rotatable bonds is 6. The van der Waals surface area contributed by atoms with Gasteiger partial charge in [0.05, 0.1) is 5.69 Å². The largest absolute Gasteiger partial charge is 0.444 e. The van der Waals surface area contributed by atoms with E-state index in [1.54, 1.807) is 6.26 Å². The van der Waals surface area contributed by atoms with E-state index < -0.39 is 0 Å². The molecule has 3 N–H and O–H groups in total. The zero-order chi connectivity index (χ0) is 16.1. The zero-order valence-corrected chi connectivity index (χ0v) is 13.6. The first-order chi connectivity index (χ1) is 11.2. The van der Waals surface area contributed by atoms with Crippen LogP contribution in [-0.4, -0.2) is 24.0 Å². The van der Waals surface area contributed by atoms with Crippen molar-refractivity contribution < 1.29 is 4.42 Å². The summed E-state index contributed by atoms with van der Waals surface area (Å²) >= 11 is 0. The van der Waals surface area contributed by atoms with Gasteiger partial charge in [-0.2, -0.15) is 0 Å². The molecule has 1 heterocycles. The lowest BCUT2D eigenvalue weighted by Gasteiger charge is -2.23. The molecule has 2 aromatic rings. The number of guanidine groups is 1. The average molecular weight is 312 g/mol. The van der Waals surface area contributed by atoms with Crippen LogP contribution in [0.2, 0.25) is 0 Å². The SMILES string of the molecule is Cc1ccc(-c2nc(CCNC(N)=NCC3CCC3)co2)cc1. The fourth-order valence-electron chi connectivity index (χ4n) is 2.53. The van der Waals surface area contributed by atoms with Gasteiger partial charge < -0.3 is 15.5 Å². The first kappa shape index (κ1) is 15.6. The van der Waals surface area contributed by atoms with E-state index >= 15 is 0 Å². The molecule has 0 spiro atoms. The third-order valence-corrected chi connectivity index (χ3v) is 4.28. The molecule has 0 saturated heterocycles. The van der Waals surface area contributed by atoms with Crippen LogP contribution in [0.4, 0.5) is 0 Å². The Kier molecular flexibility index (Phi) is 4.95. The summed E-state index contributed by atoms with van der Waals surface area (Å²) in [5.41, 5.74) is 9.01. The number of nitrogens with one attached hydrogen (secondary N) is 1. The van der Waals surface area contributed by atoms with Gasteiger partial charge in [-0.15, -0.1) is 0 Å². The first-order valence-electron chi connectivity index (χ1n) is 8.26. The molecule has 0 aliphatic heterocycles. The first-order valence-corrected chi connectivity index (χ1v) is 8.26. The molecule has 5 heteroatoms. The van der Waals surface area contributed by atoms with Crippen LogP contribution in [0.15, 0.2) is 39.9 Å². The smallest absolute Gasteiger partial charge is 0.226 e. The Balaban J connectivity index is 1.46. The highest BCUT2D eigenvalue weighted by Gasteiger charge is 2.16. The molecule has 3 rings (SSSR count). The van der Waals surface area contributed by atoms with Crippen molar-refractivity contribution in [2.75, 3.05) is 13.1 Å². The van der Waals surface area contributed by atoms with Gasteiger partial charge in [0.1, 0.15) is 6.26 Å². The predicted octanol–water partition coefficient (Wildman–Crippen LogP) is 2.90. The van der Waals surface area contributed by atoms with Crippen molar-refractivity contribution in [2.24, 2.45) is 16.6 Å². The van der Waals surface area contributed by atoms with Gasteiger partial charge in [0, 0.05) is 25.1 Å². The van der Waals surface area contributed by atoms with Crippen LogP contribution in [-0.2, 0) is 6.42 Å². The van der Waals surface area contributed by atoms with Crippen molar-refractivity contribution in [3.8, 4) is 11.5 Å². The second kappa shape index (κ2) is 7.31. The molecule has 1 aromatic heterocycles. The number of aryl methyl sites for hydroxylation is 1. The van der Waals surface area contributed by atoms with Crippen LogP contribution in [0.25, 0.3) is 11.5 Å². The second-order valence-corrected chi connectivity index (χ2v) is 6.21. The molecule has 0 radical (unpaired) electrons. The molecule has 1 saturated carbocycles. The summed E-state index contributed by atoms with van der Waals surface area (Å²) < 4.78 is 5.55. The van der Waals surface area contributed by atoms with Crippen molar-refractivity contribution in [3.05, 3.63) is 41.8 Å².